The number of hydrogen-bond acceptors (Lipinski definition) is 4. The van der Waals surface area contributed by atoms with Crippen molar-refractivity contribution in [2.75, 3.05) is 23.8 Å². The normalized spacial score (nSPS) is 42.1. The second-order valence-electron chi connectivity index (χ2n) is 6.81. The fourth-order valence-corrected chi connectivity index (χ4v) is 6.77. The minimum atomic E-state index is -2.77. The van der Waals surface area contributed by atoms with Gasteiger partial charge in [-0.05, 0) is 31.1 Å². The standard InChI is InChI=1S/C14H24N2O2S2/c1-11-3-2-5-14(7-11)10-19-13(16-14)15-8-12-4-6-20(17,18)9-12/h11-12H,2-10H2,1H3,(H,15,16). The topological polar surface area (TPSA) is 58.5 Å². The van der Waals surface area contributed by atoms with Crippen LogP contribution in [0.3, 0.4) is 0 Å². The maximum Gasteiger partial charge on any atom is 0.157 e. The molecule has 4 nitrogen and oxygen atoms in total. The average Bonchev–Trinajstić information content (AvgIpc) is 2.91. The van der Waals surface area contributed by atoms with Crippen molar-refractivity contribution < 1.29 is 8.42 Å². The van der Waals surface area contributed by atoms with Crippen LogP contribution in [0.4, 0.5) is 0 Å². The Kier molecular flexibility index (Phi) is 4.06. The number of hydrogen-bond donors (Lipinski definition) is 1. The molecule has 114 valence electrons. The summed E-state index contributed by atoms with van der Waals surface area (Å²) in [5.41, 5.74) is 0.267. The van der Waals surface area contributed by atoms with Crippen molar-refractivity contribution in [3.8, 4) is 0 Å². The highest BCUT2D eigenvalue weighted by atomic mass is 32.2. The van der Waals surface area contributed by atoms with Gasteiger partial charge in [0.05, 0.1) is 11.5 Å². The molecule has 2 aliphatic heterocycles. The van der Waals surface area contributed by atoms with E-state index in [4.69, 9.17) is 0 Å². The summed E-state index contributed by atoms with van der Waals surface area (Å²) in [4.78, 5) is 4.65. The highest BCUT2D eigenvalue weighted by Crippen LogP contribution is 2.38. The van der Waals surface area contributed by atoms with Crippen LogP contribution in [0.25, 0.3) is 0 Å². The summed E-state index contributed by atoms with van der Waals surface area (Å²) in [5, 5.41) is 4.69. The Balaban J connectivity index is 1.56. The van der Waals surface area contributed by atoms with Crippen molar-refractivity contribution in [2.24, 2.45) is 16.8 Å². The van der Waals surface area contributed by atoms with Crippen molar-refractivity contribution in [1.29, 1.82) is 0 Å². The van der Waals surface area contributed by atoms with Crippen molar-refractivity contribution in [3.63, 3.8) is 0 Å². The highest BCUT2D eigenvalue weighted by Gasteiger charge is 2.40. The minimum absolute atomic E-state index is 0.233. The summed E-state index contributed by atoms with van der Waals surface area (Å²) in [6, 6.07) is 0. The summed E-state index contributed by atoms with van der Waals surface area (Å²) in [6.45, 7) is 3.01. The monoisotopic (exact) mass is 316 g/mol. The Morgan fingerprint density at radius 1 is 1.45 bits per heavy atom. The summed E-state index contributed by atoms with van der Waals surface area (Å²) >= 11 is 1.82. The van der Waals surface area contributed by atoms with Crippen LogP contribution in [0.5, 0.6) is 0 Å². The molecule has 2 heterocycles. The van der Waals surface area contributed by atoms with Gasteiger partial charge in [-0.1, -0.05) is 31.5 Å². The van der Waals surface area contributed by atoms with E-state index in [2.05, 4.69) is 17.2 Å². The van der Waals surface area contributed by atoms with Gasteiger partial charge in [0.1, 0.15) is 0 Å². The largest absolute Gasteiger partial charge is 0.359 e. The smallest absolute Gasteiger partial charge is 0.157 e. The van der Waals surface area contributed by atoms with Crippen LogP contribution < -0.4 is 5.32 Å². The van der Waals surface area contributed by atoms with E-state index in [-0.39, 0.29) is 11.5 Å². The van der Waals surface area contributed by atoms with Crippen molar-refractivity contribution >= 4 is 26.8 Å². The molecule has 1 N–H and O–H groups in total. The third-order valence-corrected chi connectivity index (χ3v) is 7.81. The molecular formula is C14H24N2O2S2. The van der Waals surface area contributed by atoms with E-state index < -0.39 is 9.84 Å². The quantitative estimate of drug-likeness (QED) is 0.847. The fourth-order valence-electron chi connectivity index (χ4n) is 3.72. The Labute approximate surface area is 126 Å². The lowest BCUT2D eigenvalue weighted by atomic mass is 9.78. The molecule has 0 amide bonds. The molecule has 0 aromatic carbocycles. The molecule has 3 atom stereocenters. The number of aliphatic imine (C=N–C) groups is 1. The first kappa shape index (κ1) is 14.7. The summed E-state index contributed by atoms with van der Waals surface area (Å²) in [5.74, 6) is 2.84. The molecule has 0 aromatic heterocycles. The molecule has 1 spiro atoms. The van der Waals surface area contributed by atoms with Gasteiger partial charge in [-0.3, -0.25) is 4.99 Å². The van der Waals surface area contributed by atoms with Crippen molar-refractivity contribution in [1.82, 2.24) is 5.32 Å². The fraction of sp³-hybridized carbons (Fsp3) is 0.929. The van der Waals surface area contributed by atoms with Gasteiger partial charge in [0, 0.05) is 17.8 Å². The maximum absolute atomic E-state index is 11.4. The van der Waals surface area contributed by atoms with Gasteiger partial charge in [-0.25, -0.2) is 8.42 Å². The molecular weight excluding hydrogens is 292 g/mol. The Morgan fingerprint density at radius 3 is 3.00 bits per heavy atom. The number of rotatable bonds is 2. The molecule has 6 heteroatoms. The first-order valence-corrected chi connectivity index (χ1v) is 10.4. The molecule has 1 aliphatic carbocycles. The van der Waals surface area contributed by atoms with E-state index in [1.807, 2.05) is 11.8 Å². The molecule has 0 aromatic rings. The number of amidine groups is 1. The molecule has 2 saturated heterocycles. The Morgan fingerprint density at radius 2 is 2.30 bits per heavy atom. The van der Waals surface area contributed by atoms with E-state index in [1.54, 1.807) is 0 Å². The average molecular weight is 316 g/mol. The van der Waals surface area contributed by atoms with E-state index in [0.29, 0.717) is 18.1 Å². The SMILES string of the molecule is CC1CCCC2(CSC(=NCC3CCS(=O)(=O)C3)N2)C1. The lowest BCUT2D eigenvalue weighted by Crippen LogP contribution is -2.47. The zero-order valence-corrected chi connectivity index (χ0v) is 13.7. The number of nitrogens with zero attached hydrogens (tertiary/aromatic N) is 1. The summed E-state index contributed by atoms with van der Waals surface area (Å²) < 4.78 is 22.9. The number of nitrogens with one attached hydrogen (secondary N) is 1. The van der Waals surface area contributed by atoms with Crippen LogP contribution >= 0.6 is 11.8 Å². The zero-order valence-electron chi connectivity index (χ0n) is 12.1. The lowest BCUT2D eigenvalue weighted by Gasteiger charge is -2.36. The number of sulfone groups is 1. The van der Waals surface area contributed by atoms with Crippen LogP contribution in [0.1, 0.15) is 39.0 Å². The van der Waals surface area contributed by atoms with Gasteiger partial charge in [0.2, 0.25) is 0 Å². The second kappa shape index (κ2) is 5.52. The Hall–Kier alpha value is -0.230. The van der Waals surface area contributed by atoms with Crippen molar-refractivity contribution in [2.45, 2.75) is 44.6 Å². The first-order valence-electron chi connectivity index (χ1n) is 7.62. The van der Waals surface area contributed by atoms with Gasteiger partial charge in [0.15, 0.2) is 15.0 Å². The van der Waals surface area contributed by atoms with Gasteiger partial charge >= 0.3 is 0 Å². The molecule has 0 radical (unpaired) electrons. The van der Waals surface area contributed by atoms with E-state index >= 15 is 0 Å². The third-order valence-electron chi connectivity index (χ3n) is 4.77. The molecule has 0 bridgehead atoms. The van der Waals surface area contributed by atoms with Gasteiger partial charge in [-0.2, -0.15) is 0 Å². The predicted molar refractivity (Wildman–Crippen MR) is 85.0 cm³/mol. The molecule has 3 aliphatic rings. The Bertz CT molecular complexity index is 503. The lowest BCUT2D eigenvalue weighted by molar-refractivity contribution is 0.242. The van der Waals surface area contributed by atoms with Gasteiger partial charge in [0.25, 0.3) is 0 Å². The predicted octanol–water partition coefficient (Wildman–Crippen LogP) is 2.06. The van der Waals surface area contributed by atoms with E-state index in [9.17, 15) is 8.42 Å². The van der Waals surface area contributed by atoms with Crippen LogP contribution in [-0.4, -0.2) is 42.9 Å². The molecule has 3 rings (SSSR count). The van der Waals surface area contributed by atoms with E-state index in [0.717, 1.165) is 23.3 Å². The highest BCUT2D eigenvalue weighted by molar-refractivity contribution is 8.14. The van der Waals surface area contributed by atoms with Crippen molar-refractivity contribution in [3.05, 3.63) is 0 Å². The van der Waals surface area contributed by atoms with Crippen LogP contribution in [-0.2, 0) is 9.84 Å². The van der Waals surface area contributed by atoms with Gasteiger partial charge in [-0.15, -0.1) is 0 Å². The van der Waals surface area contributed by atoms with Crippen LogP contribution in [0.15, 0.2) is 4.99 Å². The molecule has 1 saturated carbocycles. The third kappa shape index (κ3) is 3.32. The molecule has 3 fully saturated rings. The molecule has 3 unspecified atom stereocenters. The van der Waals surface area contributed by atoms with E-state index in [1.165, 1.54) is 25.7 Å². The minimum Gasteiger partial charge on any atom is -0.359 e. The zero-order chi connectivity index (χ0) is 14.2. The molecule has 20 heavy (non-hydrogen) atoms. The first-order chi connectivity index (χ1) is 9.46. The van der Waals surface area contributed by atoms with Crippen LogP contribution in [0.2, 0.25) is 0 Å². The second-order valence-corrected chi connectivity index (χ2v) is 10.0. The number of thioether (sulfide) groups is 1. The van der Waals surface area contributed by atoms with Crippen LogP contribution in [0, 0.1) is 11.8 Å². The van der Waals surface area contributed by atoms with Gasteiger partial charge < -0.3 is 5.32 Å². The maximum atomic E-state index is 11.4. The summed E-state index contributed by atoms with van der Waals surface area (Å²) in [6.07, 6.45) is 5.94. The summed E-state index contributed by atoms with van der Waals surface area (Å²) in [7, 11) is -2.77.